The van der Waals surface area contributed by atoms with Crippen LogP contribution in [0.15, 0.2) is 194 Å². The van der Waals surface area contributed by atoms with Crippen LogP contribution in [0.2, 0.25) is 0 Å². The lowest BCUT2D eigenvalue weighted by molar-refractivity contribution is 0.660. The number of para-hydroxylation sites is 2. The van der Waals surface area contributed by atoms with Gasteiger partial charge in [0, 0.05) is 54.9 Å². The molecule has 3 aromatic heterocycles. The summed E-state index contributed by atoms with van der Waals surface area (Å²) in [4.78, 5) is 10.4. The first-order valence-electron chi connectivity index (χ1n) is 23.1. The molecule has 0 saturated carbocycles. The molecular formula is C62H46N4. The van der Waals surface area contributed by atoms with Crippen molar-refractivity contribution in [2.45, 2.75) is 32.6 Å². The average Bonchev–Trinajstić information content (AvgIpc) is 3.96. The van der Waals surface area contributed by atoms with Crippen LogP contribution in [-0.4, -0.2) is 19.1 Å². The van der Waals surface area contributed by atoms with E-state index < -0.39 is 0 Å². The Morgan fingerprint density at radius 1 is 0.455 bits per heavy atom. The third kappa shape index (κ3) is 5.98. The van der Waals surface area contributed by atoms with Gasteiger partial charge in [0.15, 0.2) is 5.82 Å². The summed E-state index contributed by atoms with van der Waals surface area (Å²) in [6.45, 7) is 6.98. The van der Waals surface area contributed by atoms with Gasteiger partial charge in [-0.25, -0.2) is 9.97 Å². The lowest BCUT2D eigenvalue weighted by Crippen LogP contribution is -2.31. The second kappa shape index (κ2) is 14.7. The van der Waals surface area contributed by atoms with E-state index in [1.165, 1.54) is 82.3 Å². The van der Waals surface area contributed by atoms with Crippen LogP contribution in [-0.2, 0) is 5.41 Å². The first kappa shape index (κ1) is 38.4. The van der Waals surface area contributed by atoms with Crippen molar-refractivity contribution in [1.82, 2.24) is 19.1 Å². The molecule has 0 saturated heterocycles. The van der Waals surface area contributed by atoms with Crippen molar-refractivity contribution >= 4 is 44.9 Å². The summed E-state index contributed by atoms with van der Waals surface area (Å²) in [6, 6.07) is 70.5. The van der Waals surface area contributed by atoms with Crippen LogP contribution in [0.25, 0.3) is 112 Å². The fourth-order valence-electron chi connectivity index (χ4n) is 10.9. The normalized spacial score (nSPS) is 14.7. The summed E-state index contributed by atoms with van der Waals surface area (Å²) in [5, 5.41) is 6.36. The highest BCUT2D eigenvalue weighted by atomic mass is 15.0. The predicted molar refractivity (Wildman–Crippen MR) is 274 cm³/mol. The minimum absolute atomic E-state index is 0.105. The SMILES string of the molecule is CC1C=c2c(c3cc(-c4ccc5c(c4)c4ccccc4n5-c4ccccc4)ccc3n2-c2ccc(-c3cc(-c4ccc5c(c4)C(C)(C)c4ccccc4-5)nc(-c4ccccc4)n3)cc2)=CC1. The van der Waals surface area contributed by atoms with Gasteiger partial charge in [-0.15, -0.1) is 0 Å². The quantitative estimate of drug-likeness (QED) is 0.167. The van der Waals surface area contributed by atoms with Crippen molar-refractivity contribution in [2.75, 3.05) is 0 Å². The second-order valence-electron chi connectivity index (χ2n) is 18.7. The van der Waals surface area contributed by atoms with Crippen LogP contribution in [0.3, 0.4) is 0 Å². The topological polar surface area (TPSA) is 35.6 Å². The molecule has 0 aliphatic heterocycles. The predicted octanol–water partition coefficient (Wildman–Crippen LogP) is 14.1. The van der Waals surface area contributed by atoms with Gasteiger partial charge < -0.3 is 9.13 Å². The molecule has 13 rings (SSSR count). The third-order valence-corrected chi connectivity index (χ3v) is 14.3. The molecule has 0 fully saturated rings. The summed E-state index contributed by atoms with van der Waals surface area (Å²) in [6.07, 6.45) is 5.92. The van der Waals surface area contributed by atoms with Crippen LogP contribution < -0.4 is 10.6 Å². The molecule has 2 aliphatic rings. The van der Waals surface area contributed by atoms with Gasteiger partial charge in [-0.05, 0) is 112 Å². The van der Waals surface area contributed by atoms with Gasteiger partial charge in [-0.1, -0.05) is 160 Å². The lowest BCUT2D eigenvalue weighted by atomic mass is 9.82. The minimum Gasteiger partial charge on any atom is -0.310 e. The Balaban J connectivity index is 0.904. The molecule has 1 atom stereocenters. The van der Waals surface area contributed by atoms with E-state index in [4.69, 9.17) is 9.97 Å². The number of aromatic nitrogens is 4. The van der Waals surface area contributed by atoms with Crippen molar-refractivity contribution < 1.29 is 0 Å². The van der Waals surface area contributed by atoms with Crippen molar-refractivity contribution in [1.29, 1.82) is 0 Å². The van der Waals surface area contributed by atoms with Crippen LogP contribution >= 0.6 is 0 Å². The summed E-state index contributed by atoms with van der Waals surface area (Å²) in [7, 11) is 0. The Morgan fingerprint density at radius 2 is 1.05 bits per heavy atom. The third-order valence-electron chi connectivity index (χ3n) is 14.3. The fourth-order valence-corrected chi connectivity index (χ4v) is 10.9. The molecule has 1 unspecified atom stereocenters. The first-order chi connectivity index (χ1) is 32.4. The van der Waals surface area contributed by atoms with Crippen LogP contribution in [0.4, 0.5) is 0 Å². The molecular weight excluding hydrogens is 801 g/mol. The molecule has 0 spiro atoms. The minimum atomic E-state index is -0.105. The Hall–Kier alpha value is -8.08. The summed E-state index contributed by atoms with van der Waals surface area (Å²) < 4.78 is 4.83. The number of hydrogen-bond donors (Lipinski definition) is 0. The van der Waals surface area contributed by atoms with E-state index in [0.717, 1.165) is 46.0 Å². The molecule has 11 aromatic rings. The van der Waals surface area contributed by atoms with E-state index >= 15 is 0 Å². The van der Waals surface area contributed by atoms with Crippen molar-refractivity contribution in [2.24, 2.45) is 5.92 Å². The number of nitrogens with zero attached hydrogens (tertiary/aromatic N) is 4. The zero-order valence-corrected chi connectivity index (χ0v) is 37.2. The number of rotatable bonds is 6. The van der Waals surface area contributed by atoms with E-state index in [9.17, 15) is 0 Å². The summed E-state index contributed by atoms with van der Waals surface area (Å²) in [5.41, 5.74) is 18.5. The van der Waals surface area contributed by atoms with E-state index in [2.05, 4.69) is 230 Å². The van der Waals surface area contributed by atoms with E-state index in [1.807, 2.05) is 6.07 Å². The van der Waals surface area contributed by atoms with Gasteiger partial charge >= 0.3 is 0 Å². The molecule has 2 aliphatic carbocycles. The zero-order valence-electron chi connectivity index (χ0n) is 37.2. The van der Waals surface area contributed by atoms with Gasteiger partial charge in [-0.3, -0.25) is 0 Å². The van der Waals surface area contributed by atoms with E-state index in [0.29, 0.717) is 5.92 Å². The fraction of sp³-hybridized carbons (Fsp3) is 0.0968. The van der Waals surface area contributed by atoms with Gasteiger partial charge in [0.1, 0.15) is 0 Å². The smallest absolute Gasteiger partial charge is 0.160 e. The van der Waals surface area contributed by atoms with Gasteiger partial charge in [0.05, 0.1) is 33.3 Å². The molecule has 8 aromatic carbocycles. The van der Waals surface area contributed by atoms with Crippen LogP contribution in [0.1, 0.15) is 38.3 Å². The maximum Gasteiger partial charge on any atom is 0.160 e. The van der Waals surface area contributed by atoms with Gasteiger partial charge in [0.25, 0.3) is 0 Å². The maximum absolute atomic E-state index is 5.22. The Labute approximate surface area is 384 Å². The Kier molecular flexibility index (Phi) is 8.57. The molecule has 314 valence electrons. The molecule has 0 amide bonds. The van der Waals surface area contributed by atoms with Gasteiger partial charge in [-0.2, -0.15) is 0 Å². The molecule has 0 radical (unpaired) electrons. The number of hydrogen-bond acceptors (Lipinski definition) is 2. The molecule has 4 heteroatoms. The standard InChI is InChI=1S/C62H46N4/c1-39-22-30-50-52-36-43(42-26-32-58-51(35-42)49-19-11-13-21-57(49)65(58)45-16-8-5-9-17-45)27-33-59(52)66(60(50)34-39)46-28-23-40(24-29-46)55-38-56(64-61(63-55)41-14-6-4-7-15-41)44-25-31-48-47-18-10-12-20-53(47)62(2,3)54(48)37-44/h4-21,23-39H,22H2,1-3H3. The van der Waals surface area contributed by atoms with Crippen molar-refractivity contribution in [3.63, 3.8) is 0 Å². The monoisotopic (exact) mass is 846 g/mol. The van der Waals surface area contributed by atoms with Crippen LogP contribution in [0.5, 0.6) is 0 Å². The molecule has 0 N–H and O–H groups in total. The van der Waals surface area contributed by atoms with Crippen molar-refractivity contribution in [3.05, 3.63) is 216 Å². The molecule has 0 bridgehead atoms. The lowest BCUT2D eigenvalue weighted by Gasteiger charge is -2.22. The molecule has 66 heavy (non-hydrogen) atoms. The Bertz CT molecular complexity index is 3870. The van der Waals surface area contributed by atoms with Crippen LogP contribution in [0, 0.1) is 5.92 Å². The molecule has 3 heterocycles. The summed E-state index contributed by atoms with van der Waals surface area (Å²) in [5.74, 6) is 1.16. The van der Waals surface area contributed by atoms with Gasteiger partial charge in [0.2, 0.25) is 0 Å². The highest BCUT2D eigenvalue weighted by Crippen LogP contribution is 2.49. The highest BCUT2D eigenvalue weighted by Gasteiger charge is 2.35. The van der Waals surface area contributed by atoms with Crippen molar-refractivity contribution in [3.8, 4) is 67.5 Å². The number of fused-ring (bicyclic) bond motifs is 9. The number of benzene rings is 8. The van der Waals surface area contributed by atoms with E-state index in [1.54, 1.807) is 0 Å². The highest BCUT2D eigenvalue weighted by molar-refractivity contribution is 6.10. The first-order valence-corrected chi connectivity index (χ1v) is 23.1. The zero-order chi connectivity index (χ0) is 44.1. The maximum atomic E-state index is 5.22. The Morgan fingerprint density at radius 3 is 1.83 bits per heavy atom. The second-order valence-corrected chi connectivity index (χ2v) is 18.7. The largest absolute Gasteiger partial charge is 0.310 e. The molecule has 4 nitrogen and oxygen atoms in total. The van der Waals surface area contributed by atoms with E-state index in [-0.39, 0.29) is 5.41 Å². The summed E-state index contributed by atoms with van der Waals surface area (Å²) >= 11 is 0. The average molecular weight is 847 g/mol.